The Morgan fingerprint density at radius 3 is 1.85 bits per heavy atom. The standard InChI is InChI=1S/C31H34N2O6/c1-36-26-8-3-22(4-9-26)20-38-28-12-7-24(19-29(28)39-21-23-5-10-27(37-2)11-6-23)30(34)31(35)33-18-17-32-15-13-25(33)14-16-32/h3-12,19,25H,13-18,20-21H2,1-2H3. The third-order valence-corrected chi connectivity index (χ3v) is 7.42. The predicted molar refractivity (Wildman–Crippen MR) is 147 cm³/mol. The summed E-state index contributed by atoms with van der Waals surface area (Å²) in [5.41, 5.74) is 2.18. The van der Waals surface area contributed by atoms with E-state index in [0.29, 0.717) is 30.2 Å². The fourth-order valence-corrected chi connectivity index (χ4v) is 5.05. The van der Waals surface area contributed by atoms with Crippen LogP contribution in [0.25, 0.3) is 0 Å². The number of hydrogen-bond donors (Lipinski definition) is 0. The first-order valence-corrected chi connectivity index (χ1v) is 13.3. The van der Waals surface area contributed by atoms with E-state index < -0.39 is 11.7 Å². The molecule has 0 N–H and O–H groups in total. The Kier molecular flexibility index (Phi) is 8.32. The molecule has 0 saturated carbocycles. The molecule has 39 heavy (non-hydrogen) atoms. The second kappa shape index (κ2) is 12.2. The number of nitrogens with zero attached hydrogens (tertiary/aromatic N) is 2. The number of Topliss-reactive ketones (excluding diaryl/α,β-unsaturated/α-hetero) is 1. The molecule has 0 aromatic heterocycles. The lowest BCUT2D eigenvalue weighted by Gasteiger charge is -2.31. The Morgan fingerprint density at radius 1 is 0.718 bits per heavy atom. The van der Waals surface area contributed by atoms with Gasteiger partial charge in [0.15, 0.2) is 11.5 Å². The van der Waals surface area contributed by atoms with E-state index in [-0.39, 0.29) is 12.6 Å². The number of methoxy groups -OCH3 is 2. The van der Waals surface area contributed by atoms with Gasteiger partial charge in [0, 0.05) is 37.8 Å². The smallest absolute Gasteiger partial charge is 0.295 e. The number of rotatable bonds is 10. The summed E-state index contributed by atoms with van der Waals surface area (Å²) in [4.78, 5) is 30.8. The highest BCUT2D eigenvalue weighted by atomic mass is 16.5. The van der Waals surface area contributed by atoms with Crippen LogP contribution in [0.4, 0.5) is 0 Å². The summed E-state index contributed by atoms with van der Waals surface area (Å²) in [5, 5.41) is 0. The number of carbonyl (C=O) groups excluding carboxylic acids is 2. The predicted octanol–water partition coefficient (Wildman–Crippen LogP) is 4.35. The highest BCUT2D eigenvalue weighted by molar-refractivity contribution is 6.42. The molecule has 0 atom stereocenters. The molecule has 3 aromatic carbocycles. The van der Waals surface area contributed by atoms with Gasteiger partial charge < -0.3 is 28.7 Å². The Morgan fingerprint density at radius 2 is 1.28 bits per heavy atom. The third kappa shape index (κ3) is 6.34. The molecular weight excluding hydrogens is 496 g/mol. The molecule has 0 unspecified atom stereocenters. The molecule has 3 saturated heterocycles. The van der Waals surface area contributed by atoms with Crippen molar-refractivity contribution in [2.24, 2.45) is 0 Å². The first-order chi connectivity index (χ1) is 19.0. The second-order valence-electron chi connectivity index (χ2n) is 9.84. The van der Waals surface area contributed by atoms with Gasteiger partial charge in [0.2, 0.25) is 0 Å². The van der Waals surface area contributed by atoms with Crippen LogP contribution in [-0.2, 0) is 18.0 Å². The molecule has 0 radical (unpaired) electrons. The summed E-state index contributed by atoms with van der Waals surface area (Å²) in [6, 6.07) is 20.3. The normalized spacial score (nSPS) is 18.3. The van der Waals surface area contributed by atoms with Gasteiger partial charge in [-0.15, -0.1) is 0 Å². The van der Waals surface area contributed by atoms with E-state index >= 15 is 0 Å². The van der Waals surface area contributed by atoms with Gasteiger partial charge in [0.05, 0.1) is 14.2 Å². The molecule has 2 bridgehead atoms. The molecule has 3 aliphatic rings. The van der Waals surface area contributed by atoms with Gasteiger partial charge >= 0.3 is 0 Å². The van der Waals surface area contributed by atoms with Crippen molar-refractivity contribution >= 4 is 11.7 Å². The van der Waals surface area contributed by atoms with E-state index in [4.69, 9.17) is 18.9 Å². The lowest BCUT2D eigenvalue weighted by molar-refractivity contribution is -0.128. The monoisotopic (exact) mass is 530 g/mol. The summed E-state index contributed by atoms with van der Waals surface area (Å²) >= 11 is 0. The van der Waals surface area contributed by atoms with Crippen molar-refractivity contribution in [3.05, 3.63) is 83.4 Å². The molecular formula is C31H34N2O6. The van der Waals surface area contributed by atoms with Crippen LogP contribution in [0.5, 0.6) is 23.0 Å². The zero-order chi connectivity index (χ0) is 27.2. The van der Waals surface area contributed by atoms with Gasteiger partial charge in [-0.2, -0.15) is 0 Å². The van der Waals surface area contributed by atoms with Gasteiger partial charge in [0.25, 0.3) is 11.7 Å². The Labute approximate surface area is 229 Å². The van der Waals surface area contributed by atoms with Crippen LogP contribution in [0.15, 0.2) is 66.7 Å². The minimum Gasteiger partial charge on any atom is -0.497 e. The van der Waals surface area contributed by atoms with Crippen molar-refractivity contribution in [3.63, 3.8) is 0 Å². The topological polar surface area (TPSA) is 77.5 Å². The molecule has 8 heteroatoms. The largest absolute Gasteiger partial charge is 0.497 e. The number of fused-ring (bicyclic) bond motifs is 4. The van der Waals surface area contributed by atoms with E-state index in [2.05, 4.69) is 4.90 Å². The first kappa shape index (κ1) is 26.6. The first-order valence-electron chi connectivity index (χ1n) is 13.3. The molecule has 3 aliphatic heterocycles. The SMILES string of the molecule is COc1ccc(COc2ccc(C(=O)C(=O)N3CCN4CCC3CC4)cc2OCc2ccc(OC)cc2)cc1. The molecule has 8 nitrogen and oxygen atoms in total. The summed E-state index contributed by atoms with van der Waals surface area (Å²) in [5.74, 6) is 1.45. The summed E-state index contributed by atoms with van der Waals surface area (Å²) in [6.07, 6.45) is 1.82. The average Bonchev–Trinajstić information content (AvgIpc) is 3.33. The van der Waals surface area contributed by atoms with Crippen molar-refractivity contribution in [1.82, 2.24) is 9.80 Å². The maximum Gasteiger partial charge on any atom is 0.295 e. The van der Waals surface area contributed by atoms with E-state index in [1.807, 2.05) is 48.5 Å². The fraction of sp³-hybridized carbons (Fsp3) is 0.355. The zero-order valence-corrected chi connectivity index (χ0v) is 22.4. The summed E-state index contributed by atoms with van der Waals surface area (Å²) < 4.78 is 22.7. The number of amides is 1. The second-order valence-corrected chi connectivity index (χ2v) is 9.84. The van der Waals surface area contributed by atoms with Crippen molar-refractivity contribution in [3.8, 4) is 23.0 Å². The highest BCUT2D eigenvalue weighted by Gasteiger charge is 2.35. The Balaban J connectivity index is 1.34. The van der Waals surface area contributed by atoms with Crippen LogP contribution in [0.2, 0.25) is 0 Å². The van der Waals surface area contributed by atoms with Crippen molar-refractivity contribution in [2.45, 2.75) is 32.1 Å². The minimum absolute atomic E-state index is 0.123. The molecule has 1 amide bonds. The van der Waals surface area contributed by atoms with Gasteiger partial charge in [0.1, 0.15) is 24.7 Å². The Bertz CT molecular complexity index is 1280. The number of piperidine rings is 1. The van der Waals surface area contributed by atoms with Gasteiger partial charge in [-0.25, -0.2) is 0 Å². The molecule has 3 aromatic rings. The van der Waals surface area contributed by atoms with Crippen LogP contribution in [0.3, 0.4) is 0 Å². The molecule has 3 heterocycles. The van der Waals surface area contributed by atoms with Gasteiger partial charge in [-0.1, -0.05) is 24.3 Å². The average molecular weight is 531 g/mol. The van der Waals surface area contributed by atoms with Gasteiger partial charge in [-0.05, 0) is 66.4 Å². The van der Waals surface area contributed by atoms with Crippen molar-refractivity contribution in [1.29, 1.82) is 0 Å². The van der Waals surface area contributed by atoms with E-state index in [1.165, 1.54) is 0 Å². The lowest BCUT2D eigenvalue weighted by atomic mass is 10.0. The summed E-state index contributed by atoms with van der Waals surface area (Å²) in [6.45, 7) is 3.92. The maximum atomic E-state index is 13.4. The number of hydrogen-bond acceptors (Lipinski definition) is 7. The van der Waals surface area contributed by atoms with E-state index in [1.54, 1.807) is 37.3 Å². The highest BCUT2D eigenvalue weighted by Crippen LogP contribution is 2.31. The molecule has 3 fully saturated rings. The van der Waals surface area contributed by atoms with Gasteiger partial charge in [-0.3, -0.25) is 9.59 Å². The number of ether oxygens (including phenoxy) is 4. The molecule has 204 valence electrons. The fourth-order valence-electron chi connectivity index (χ4n) is 5.05. The van der Waals surface area contributed by atoms with Crippen LogP contribution < -0.4 is 18.9 Å². The molecule has 0 spiro atoms. The lowest BCUT2D eigenvalue weighted by Crippen LogP contribution is -2.44. The van der Waals surface area contributed by atoms with Crippen LogP contribution in [0, 0.1) is 0 Å². The zero-order valence-electron chi connectivity index (χ0n) is 22.4. The quantitative estimate of drug-likeness (QED) is 0.285. The van der Waals surface area contributed by atoms with E-state index in [9.17, 15) is 9.59 Å². The maximum absolute atomic E-state index is 13.4. The minimum atomic E-state index is -0.522. The van der Waals surface area contributed by atoms with Crippen LogP contribution >= 0.6 is 0 Å². The summed E-state index contributed by atoms with van der Waals surface area (Å²) in [7, 11) is 3.25. The van der Waals surface area contributed by atoms with Crippen molar-refractivity contribution < 1.29 is 28.5 Å². The Hall–Kier alpha value is -4.04. The third-order valence-electron chi connectivity index (χ3n) is 7.42. The van der Waals surface area contributed by atoms with Crippen molar-refractivity contribution in [2.75, 3.05) is 40.4 Å². The molecule has 6 rings (SSSR count). The number of carbonyl (C=O) groups is 2. The van der Waals surface area contributed by atoms with Crippen LogP contribution in [0.1, 0.15) is 34.3 Å². The number of benzene rings is 3. The number of ketones is 1. The van der Waals surface area contributed by atoms with Crippen LogP contribution in [-0.4, -0.2) is 67.9 Å². The molecule has 0 aliphatic carbocycles. The van der Waals surface area contributed by atoms with E-state index in [0.717, 1.165) is 55.1 Å².